The maximum atomic E-state index is 12.2. The minimum atomic E-state index is -0.531. The van der Waals surface area contributed by atoms with E-state index in [-0.39, 0.29) is 17.4 Å². The van der Waals surface area contributed by atoms with Crippen LogP contribution in [0.2, 0.25) is 0 Å². The predicted molar refractivity (Wildman–Crippen MR) is 85.9 cm³/mol. The summed E-state index contributed by atoms with van der Waals surface area (Å²) in [6.45, 7) is 6.99. The number of methoxy groups -OCH3 is 1. The van der Waals surface area contributed by atoms with Crippen LogP contribution >= 0.6 is 0 Å². The third kappa shape index (κ3) is 6.74. The number of nitrogens with one attached hydrogen (secondary N) is 1. The van der Waals surface area contributed by atoms with E-state index in [2.05, 4.69) is 26.1 Å². The lowest BCUT2D eigenvalue weighted by Gasteiger charge is -2.28. The molecule has 3 N–H and O–H groups in total. The summed E-state index contributed by atoms with van der Waals surface area (Å²) in [7, 11) is 1.61. The van der Waals surface area contributed by atoms with E-state index in [1.807, 2.05) is 30.3 Å². The SMILES string of the molecule is COCCC(N)C(=O)NC(CC(C)(C)C)c1ccccc1. The fourth-order valence-electron chi connectivity index (χ4n) is 2.20. The summed E-state index contributed by atoms with van der Waals surface area (Å²) in [5.74, 6) is -0.120. The Morgan fingerprint density at radius 1 is 1.29 bits per heavy atom. The van der Waals surface area contributed by atoms with Crippen molar-refractivity contribution < 1.29 is 9.53 Å². The molecule has 2 unspecified atom stereocenters. The number of carbonyl (C=O) groups is 1. The van der Waals surface area contributed by atoms with Gasteiger partial charge in [-0.25, -0.2) is 0 Å². The largest absolute Gasteiger partial charge is 0.385 e. The summed E-state index contributed by atoms with van der Waals surface area (Å²) in [4.78, 5) is 12.2. The molecule has 0 aromatic heterocycles. The minimum Gasteiger partial charge on any atom is -0.385 e. The van der Waals surface area contributed by atoms with Crippen LogP contribution in [0, 0.1) is 5.41 Å². The van der Waals surface area contributed by atoms with Gasteiger partial charge >= 0.3 is 0 Å². The maximum Gasteiger partial charge on any atom is 0.237 e. The van der Waals surface area contributed by atoms with Crippen molar-refractivity contribution in [3.63, 3.8) is 0 Å². The van der Waals surface area contributed by atoms with Crippen LogP contribution in [0.5, 0.6) is 0 Å². The Labute approximate surface area is 128 Å². The summed E-state index contributed by atoms with van der Waals surface area (Å²) in [6.07, 6.45) is 1.39. The number of amides is 1. The highest BCUT2D eigenvalue weighted by atomic mass is 16.5. The van der Waals surface area contributed by atoms with E-state index in [0.29, 0.717) is 13.0 Å². The first kappa shape index (κ1) is 17.7. The number of nitrogens with two attached hydrogens (primary N) is 1. The molecule has 21 heavy (non-hydrogen) atoms. The van der Waals surface area contributed by atoms with Crippen molar-refractivity contribution in [1.29, 1.82) is 0 Å². The highest BCUT2D eigenvalue weighted by Crippen LogP contribution is 2.29. The molecule has 1 amide bonds. The smallest absolute Gasteiger partial charge is 0.237 e. The van der Waals surface area contributed by atoms with Crippen LogP contribution in [-0.4, -0.2) is 25.7 Å². The van der Waals surface area contributed by atoms with Crippen molar-refractivity contribution in [1.82, 2.24) is 5.32 Å². The van der Waals surface area contributed by atoms with Gasteiger partial charge in [0.25, 0.3) is 0 Å². The van der Waals surface area contributed by atoms with Gasteiger partial charge in [0.05, 0.1) is 12.1 Å². The monoisotopic (exact) mass is 292 g/mol. The van der Waals surface area contributed by atoms with Gasteiger partial charge < -0.3 is 15.8 Å². The van der Waals surface area contributed by atoms with E-state index in [0.717, 1.165) is 12.0 Å². The summed E-state index contributed by atoms with van der Waals surface area (Å²) in [5.41, 5.74) is 7.13. The average molecular weight is 292 g/mol. The summed E-state index contributed by atoms with van der Waals surface area (Å²) in [6, 6.07) is 9.48. The Bertz CT molecular complexity index is 426. The van der Waals surface area contributed by atoms with Gasteiger partial charge in [0.1, 0.15) is 0 Å². The molecule has 1 aromatic rings. The zero-order chi connectivity index (χ0) is 15.9. The summed E-state index contributed by atoms with van der Waals surface area (Å²) >= 11 is 0. The van der Waals surface area contributed by atoms with Crippen LogP contribution in [0.25, 0.3) is 0 Å². The molecule has 0 saturated carbocycles. The Kier molecular flexibility index (Phi) is 6.85. The molecule has 118 valence electrons. The number of rotatable bonds is 7. The fourth-order valence-corrected chi connectivity index (χ4v) is 2.20. The number of hydrogen-bond donors (Lipinski definition) is 2. The molecule has 1 rings (SSSR count). The second kappa shape index (κ2) is 8.15. The highest BCUT2D eigenvalue weighted by molar-refractivity contribution is 5.81. The number of ether oxygens (including phenoxy) is 1. The molecule has 2 atom stereocenters. The van der Waals surface area contributed by atoms with Gasteiger partial charge in [-0.05, 0) is 23.8 Å². The van der Waals surface area contributed by atoms with E-state index >= 15 is 0 Å². The Balaban J connectivity index is 2.76. The Morgan fingerprint density at radius 2 is 1.90 bits per heavy atom. The van der Waals surface area contributed by atoms with Crippen LogP contribution in [0.15, 0.2) is 30.3 Å². The normalized spacial score (nSPS) is 14.5. The number of carbonyl (C=O) groups excluding carboxylic acids is 1. The number of hydrogen-bond acceptors (Lipinski definition) is 3. The molecule has 0 aliphatic rings. The van der Waals surface area contributed by atoms with Gasteiger partial charge in [0.15, 0.2) is 0 Å². The third-order valence-corrected chi connectivity index (χ3v) is 3.30. The molecular weight excluding hydrogens is 264 g/mol. The lowest BCUT2D eigenvalue weighted by Crippen LogP contribution is -2.43. The molecule has 4 nitrogen and oxygen atoms in total. The van der Waals surface area contributed by atoms with E-state index in [1.54, 1.807) is 7.11 Å². The number of benzene rings is 1. The second-order valence-corrected chi connectivity index (χ2v) is 6.62. The fraction of sp³-hybridized carbons (Fsp3) is 0.588. The lowest BCUT2D eigenvalue weighted by molar-refractivity contribution is -0.123. The van der Waals surface area contributed by atoms with Gasteiger partial charge in [0, 0.05) is 13.7 Å². The van der Waals surface area contributed by atoms with E-state index in [4.69, 9.17) is 10.5 Å². The zero-order valence-electron chi connectivity index (χ0n) is 13.6. The van der Waals surface area contributed by atoms with Crippen LogP contribution in [-0.2, 0) is 9.53 Å². The van der Waals surface area contributed by atoms with Crippen molar-refractivity contribution in [2.24, 2.45) is 11.1 Å². The minimum absolute atomic E-state index is 0.0210. The van der Waals surface area contributed by atoms with Crippen LogP contribution in [0.4, 0.5) is 0 Å². The van der Waals surface area contributed by atoms with Gasteiger partial charge in [-0.15, -0.1) is 0 Å². The van der Waals surface area contributed by atoms with Crippen molar-refractivity contribution in [2.45, 2.75) is 45.7 Å². The Morgan fingerprint density at radius 3 is 2.43 bits per heavy atom. The zero-order valence-corrected chi connectivity index (χ0v) is 13.6. The first-order chi connectivity index (χ1) is 9.83. The molecular formula is C17H28N2O2. The standard InChI is InChI=1S/C17H28N2O2/c1-17(2,3)12-15(13-8-6-5-7-9-13)19-16(20)14(18)10-11-21-4/h5-9,14-15H,10-12,18H2,1-4H3,(H,19,20). The first-order valence-electron chi connectivity index (χ1n) is 7.43. The molecule has 0 saturated heterocycles. The quantitative estimate of drug-likeness (QED) is 0.812. The van der Waals surface area contributed by atoms with E-state index < -0.39 is 6.04 Å². The van der Waals surface area contributed by atoms with E-state index in [1.165, 1.54) is 0 Å². The molecule has 0 spiro atoms. The lowest BCUT2D eigenvalue weighted by atomic mass is 9.85. The molecule has 4 heteroatoms. The van der Waals surface area contributed by atoms with Gasteiger partial charge in [-0.3, -0.25) is 4.79 Å². The van der Waals surface area contributed by atoms with Gasteiger partial charge in [-0.2, -0.15) is 0 Å². The van der Waals surface area contributed by atoms with Gasteiger partial charge in [-0.1, -0.05) is 51.1 Å². The molecule has 0 radical (unpaired) electrons. The van der Waals surface area contributed by atoms with Crippen LogP contribution in [0.3, 0.4) is 0 Å². The van der Waals surface area contributed by atoms with Crippen molar-refractivity contribution >= 4 is 5.91 Å². The molecule has 0 heterocycles. The molecule has 0 fully saturated rings. The predicted octanol–water partition coefficient (Wildman–Crippen LogP) is 2.64. The highest BCUT2D eigenvalue weighted by Gasteiger charge is 2.24. The molecule has 0 aliphatic heterocycles. The van der Waals surface area contributed by atoms with E-state index in [9.17, 15) is 4.79 Å². The first-order valence-corrected chi connectivity index (χ1v) is 7.43. The second-order valence-electron chi connectivity index (χ2n) is 6.62. The van der Waals surface area contributed by atoms with Gasteiger partial charge in [0.2, 0.25) is 5.91 Å². The maximum absolute atomic E-state index is 12.2. The van der Waals surface area contributed by atoms with Crippen molar-refractivity contribution in [2.75, 3.05) is 13.7 Å². The third-order valence-electron chi connectivity index (χ3n) is 3.30. The summed E-state index contributed by atoms with van der Waals surface area (Å²) < 4.78 is 4.97. The topological polar surface area (TPSA) is 64.3 Å². The average Bonchev–Trinajstić information content (AvgIpc) is 2.43. The Hall–Kier alpha value is -1.39. The van der Waals surface area contributed by atoms with Crippen LogP contribution in [0.1, 0.15) is 45.2 Å². The molecule has 0 bridgehead atoms. The van der Waals surface area contributed by atoms with Crippen LogP contribution < -0.4 is 11.1 Å². The van der Waals surface area contributed by atoms with Crippen molar-refractivity contribution in [3.8, 4) is 0 Å². The summed E-state index contributed by atoms with van der Waals surface area (Å²) in [5, 5.41) is 3.08. The molecule has 0 aliphatic carbocycles. The molecule has 1 aromatic carbocycles. The van der Waals surface area contributed by atoms with Crippen molar-refractivity contribution in [3.05, 3.63) is 35.9 Å².